The van der Waals surface area contributed by atoms with Gasteiger partial charge in [0.15, 0.2) is 0 Å². The van der Waals surface area contributed by atoms with Crippen molar-refractivity contribution in [1.29, 1.82) is 0 Å². The summed E-state index contributed by atoms with van der Waals surface area (Å²) in [6.07, 6.45) is -2.28. The van der Waals surface area contributed by atoms with E-state index in [1.807, 2.05) is 29.0 Å². The van der Waals surface area contributed by atoms with Gasteiger partial charge in [0.1, 0.15) is 0 Å². The number of fused-ring (bicyclic) bond motifs is 1. The molecule has 0 saturated carbocycles. The number of nitrogen functional groups attached to an aromatic ring is 1. The number of likely N-dealkylation sites (N-methyl/N-ethyl adjacent to an activating group) is 1. The van der Waals surface area contributed by atoms with Crippen LogP contribution < -0.4 is 5.73 Å². The molecule has 0 unspecified atom stereocenters. The molecule has 1 heterocycles. The Hall–Kier alpha value is -1.69. The van der Waals surface area contributed by atoms with Gasteiger partial charge in [0, 0.05) is 35.9 Å². The molecule has 1 aromatic heterocycles. The lowest BCUT2D eigenvalue weighted by Crippen LogP contribution is -2.33. The number of halogens is 3. The van der Waals surface area contributed by atoms with Crippen molar-refractivity contribution >= 4 is 16.6 Å². The van der Waals surface area contributed by atoms with Crippen molar-refractivity contribution in [2.24, 2.45) is 0 Å². The van der Waals surface area contributed by atoms with Gasteiger partial charge in [-0.1, -0.05) is 0 Å². The first-order valence-corrected chi connectivity index (χ1v) is 5.95. The van der Waals surface area contributed by atoms with Crippen LogP contribution in [0.5, 0.6) is 0 Å². The Morgan fingerprint density at radius 3 is 2.68 bits per heavy atom. The van der Waals surface area contributed by atoms with Gasteiger partial charge in [-0.05, 0) is 31.3 Å². The van der Waals surface area contributed by atoms with Crippen LogP contribution >= 0.6 is 0 Å². The Morgan fingerprint density at radius 1 is 1.26 bits per heavy atom. The summed E-state index contributed by atoms with van der Waals surface area (Å²) in [5.41, 5.74) is 7.34. The molecule has 0 aliphatic heterocycles. The van der Waals surface area contributed by atoms with E-state index in [0.717, 1.165) is 10.9 Å². The normalized spacial score (nSPS) is 12.5. The standard InChI is InChI=1S/C13H16F3N3/c1-18(9-13(14,15)16)6-7-19-5-4-10-8-11(17)2-3-12(10)19/h2-5,8H,6-7,9,17H2,1H3. The molecule has 0 saturated heterocycles. The van der Waals surface area contributed by atoms with Crippen molar-refractivity contribution in [3.05, 3.63) is 30.5 Å². The molecule has 6 heteroatoms. The molecule has 0 bridgehead atoms. The van der Waals surface area contributed by atoms with E-state index in [1.165, 1.54) is 11.9 Å². The van der Waals surface area contributed by atoms with Crippen LogP contribution in [0, 0.1) is 0 Å². The molecule has 2 N–H and O–H groups in total. The molecular formula is C13H16F3N3. The van der Waals surface area contributed by atoms with Crippen molar-refractivity contribution in [1.82, 2.24) is 9.47 Å². The fraction of sp³-hybridized carbons (Fsp3) is 0.385. The molecule has 0 spiro atoms. The minimum atomic E-state index is -4.15. The number of alkyl halides is 3. The van der Waals surface area contributed by atoms with E-state index >= 15 is 0 Å². The first kappa shape index (κ1) is 13.7. The molecular weight excluding hydrogens is 255 g/mol. The van der Waals surface area contributed by atoms with E-state index in [4.69, 9.17) is 5.73 Å². The summed E-state index contributed by atoms with van der Waals surface area (Å²) in [5.74, 6) is 0. The predicted molar refractivity (Wildman–Crippen MR) is 69.9 cm³/mol. The topological polar surface area (TPSA) is 34.2 Å². The maximum atomic E-state index is 12.2. The third-order valence-electron chi connectivity index (χ3n) is 2.97. The summed E-state index contributed by atoms with van der Waals surface area (Å²) in [5, 5.41) is 0.999. The maximum absolute atomic E-state index is 12.2. The van der Waals surface area contributed by atoms with Gasteiger partial charge in [0.2, 0.25) is 0 Å². The second-order valence-electron chi connectivity index (χ2n) is 4.68. The molecule has 19 heavy (non-hydrogen) atoms. The quantitative estimate of drug-likeness (QED) is 0.868. The predicted octanol–water partition coefficient (Wildman–Crippen LogP) is 2.72. The summed E-state index contributed by atoms with van der Waals surface area (Å²) < 4.78 is 38.6. The number of aromatic nitrogens is 1. The fourth-order valence-corrected chi connectivity index (χ4v) is 2.08. The van der Waals surface area contributed by atoms with Crippen molar-refractivity contribution in [2.45, 2.75) is 12.7 Å². The minimum absolute atomic E-state index is 0.341. The van der Waals surface area contributed by atoms with Crippen molar-refractivity contribution in [3.63, 3.8) is 0 Å². The largest absolute Gasteiger partial charge is 0.401 e. The zero-order valence-electron chi connectivity index (χ0n) is 10.6. The Balaban J connectivity index is 2.02. The second-order valence-corrected chi connectivity index (χ2v) is 4.68. The van der Waals surface area contributed by atoms with Crippen LogP contribution in [0.3, 0.4) is 0 Å². The highest BCUT2D eigenvalue weighted by molar-refractivity contribution is 5.83. The van der Waals surface area contributed by atoms with Crippen molar-refractivity contribution < 1.29 is 13.2 Å². The summed E-state index contributed by atoms with van der Waals surface area (Å²) in [6, 6.07) is 7.44. The van der Waals surface area contributed by atoms with Gasteiger partial charge in [-0.15, -0.1) is 0 Å². The van der Waals surface area contributed by atoms with Gasteiger partial charge < -0.3 is 10.3 Å². The molecule has 0 aliphatic rings. The van der Waals surface area contributed by atoms with E-state index in [1.54, 1.807) is 6.07 Å². The fourth-order valence-electron chi connectivity index (χ4n) is 2.08. The number of benzene rings is 1. The van der Waals surface area contributed by atoms with Gasteiger partial charge in [-0.3, -0.25) is 4.90 Å². The monoisotopic (exact) mass is 271 g/mol. The van der Waals surface area contributed by atoms with E-state index in [-0.39, 0.29) is 0 Å². The second kappa shape index (κ2) is 5.13. The Morgan fingerprint density at radius 2 is 2.00 bits per heavy atom. The van der Waals surface area contributed by atoms with Crippen LogP contribution in [0.1, 0.15) is 0 Å². The number of nitrogens with two attached hydrogens (primary N) is 1. The average molecular weight is 271 g/mol. The molecule has 2 aromatic rings. The zero-order chi connectivity index (χ0) is 14.0. The first-order valence-electron chi connectivity index (χ1n) is 5.95. The SMILES string of the molecule is CN(CCn1ccc2cc(N)ccc21)CC(F)(F)F. The highest BCUT2D eigenvalue weighted by atomic mass is 19.4. The van der Waals surface area contributed by atoms with Crippen LogP contribution in [0.15, 0.2) is 30.5 Å². The lowest BCUT2D eigenvalue weighted by molar-refractivity contribution is -0.143. The lowest BCUT2D eigenvalue weighted by atomic mass is 10.2. The Labute approximate surface area is 109 Å². The summed E-state index contributed by atoms with van der Waals surface area (Å²) in [7, 11) is 1.47. The summed E-state index contributed by atoms with van der Waals surface area (Å²) in [4.78, 5) is 1.27. The van der Waals surface area contributed by atoms with Gasteiger partial charge in [0.05, 0.1) is 6.54 Å². The van der Waals surface area contributed by atoms with E-state index in [2.05, 4.69) is 0 Å². The third kappa shape index (κ3) is 3.64. The Kier molecular flexibility index (Phi) is 3.71. The molecule has 0 atom stereocenters. The molecule has 1 aromatic carbocycles. The van der Waals surface area contributed by atoms with E-state index in [0.29, 0.717) is 18.8 Å². The Bertz CT molecular complexity index is 560. The van der Waals surface area contributed by atoms with Crippen LogP contribution in [0.25, 0.3) is 10.9 Å². The van der Waals surface area contributed by atoms with E-state index in [9.17, 15) is 13.2 Å². The summed E-state index contributed by atoms with van der Waals surface area (Å²) >= 11 is 0. The number of hydrogen-bond donors (Lipinski definition) is 1. The first-order chi connectivity index (χ1) is 8.85. The smallest absolute Gasteiger partial charge is 0.399 e. The molecule has 0 amide bonds. The van der Waals surface area contributed by atoms with Gasteiger partial charge in [-0.25, -0.2) is 0 Å². The number of anilines is 1. The molecule has 3 nitrogen and oxygen atoms in total. The summed E-state index contributed by atoms with van der Waals surface area (Å²) in [6.45, 7) is -0.0349. The van der Waals surface area contributed by atoms with Crippen LogP contribution in [-0.2, 0) is 6.54 Å². The van der Waals surface area contributed by atoms with Crippen LogP contribution in [0.4, 0.5) is 18.9 Å². The van der Waals surface area contributed by atoms with E-state index < -0.39 is 12.7 Å². The third-order valence-corrected chi connectivity index (χ3v) is 2.97. The molecule has 104 valence electrons. The average Bonchev–Trinajstić information content (AvgIpc) is 2.66. The molecule has 0 aliphatic carbocycles. The van der Waals surface area contributed by atoms with Crippen LogP contribution in [-0.4, -0.2) is 35.8 Å². The highest BCUT2D eigenvalue weighted by Gasteiger charge is 2.28. The van der Waals surface area contributed by atoms with Crippen LogP contribution in [0.2, 0.25) is 0 Å². The van der Waals surface area contributed by atoms with Crippen molar-refractivity contribution in [3.8, 4) is 0 Å². The lowest BCUT2D eigenvalue weighted by Gasteiger charge is -2.19. The van der Waals surface area contributed by atoms with Gasteiger partial charge in [0.25, 0.3) is 0 Å². The zero-order valence-corrected chi connectivity index (χ0v) is 10.6. The highest BCUT2D eigenvalue weighted by Crippen LogP contribution is 2.19. The molecule has 2 rings (SSSR count). The number of nitrogens with zero attached hydrogens (tertiary/aromatic N) is 2. The molecule has 0 fully saturated rings. The number of hydrogen-bond acceptors (Lipinski definition) is 2. The molecule has 0 radical (unpaired) electrons. The van der Waals surface area contributed by atoms with Gasteiger partial charge >= 0.3 is 6.18 Å². The number of rotatable bonds is 4. The van der Waals surface area contributed by atoms with Crippen molar-refractivity contribution in [2.75, 3.05) is 25.9 Å². The maximum Gasteiger partial charge on any atom is 0.401 e. The minimum Gasteiger partial charge on any atom is -0.399 e. The van der Waals surface area contributed by atoms with Gasteiger partial charge in [-0.2, -0.15) is 13.2 Å².